The van der Waals surface area contributed by atoms with Crippen LogP contribution in [0.1, 0.15) is 26.3 Å². The second-order valence-electron chi connectivity index (χ2n) is 7.72. The van der Waals surface area contributed by atoms with E-state index in [-0.39, 0.29) is 23.1 Å². The number of methoxy groups -OCH3 is 1. The van der Waals surface area contributed by atoms with Crippen LogP contribution < -0.4 is 10.0 Å². The standard InChI is InChI=1S/C23H22ClN3O6S2/c1-14(28)25-22-26-19-10-8-17(13-20(19)34-22)35(30,31)27-18-9-7-16(24)12-15(18)6-5-11-33-23(2,3)21(29)32-4/h7-10,12-13,27H,11H2,1-4H3,(H,25,26,28). The highest BCUT2D eigenvalue weighted by atomic mass is 35.5. The van der Waals surface area contributed by atoms with E-state index < -0.39 is 21.6 Å². The summed E-state index contributed by atoms with van der Waals surface area (Å²) in [5.41, 5.74) is -0.0764. The van der Waals surface area contributed by atoms with Gasteiger partial charge in [0.25, 0.3) is 10.0 Å². The number of carbonyl (C=O) groups excluding carboxylic acids is 2. The molecule has 1 aromatic heterocycles. The first-order valence-electron chi connectivity index (χ1n) is 10.1. The summed E-state index contributed by atoms with van der Waals surface area (Å²) in [4.78, 5) is 27.2. The van der Waals surface area contributed by atoms with Crippen LogP contribution in [0.15, 0.2) is 41.3 Å². The molecule has 0 radical (unpaired) electrons. The normalized spacial score (nSPS) is 11.5. The lowest BCUT2D eigenvalue weighted by Gasteiger charge is -2.20. The van der Waals surface area contributed by atoms with Crippen LogP contribution >= 0.6 is 22.9 Å². The Hall–Kier alpha value is -3.17. The lowest BCUT2D eigenvalue weighted by Crippen LogP contribution is -2.36. The highest BCUT2D eigenvalue weighted by Gasteiger charge is 2.29. The summed E-state index contributed by atoms with van der Waals surface area (Å²) in [7, 11) is -2.72. The number of hydrogen-bond acceptors (Lipinski definition) is 8. The van der Waals surface area contributed by atoms with Crippen LogP contribution in [0.3, 0.4) is 0 Å². The highest BCUT2D eigenvalue weighted by Crippen LogP contribution is 2.29. The summed E-state index contributed by atoms with van der Waals surface area (Å²) in [6, 6.07) is 9.02. The van der Waals surface area contributed by atoms with Gasteiger partial charge >= 0.3 is 5.97 Å². The van der Waals surface area contributed by atoms with Crippen molar-refractivity contribution in [2.24, 2.45) is 0 Å². The van der Waals surface area contributed by atoms with Gasteiger partial charge in [-0.25, -0.2) is 18.2 Å². The second-order valence-corrected chi connectivity index (χ2v) is 10.9. The number of esters is 1. The molecule has 12 heteroatoms. The van der Waals surface area contributed by atoms with Crippen molar-refractivity contribution in [2.75, 3.05) is 23.8 Å². The summed E-state index contributed by atoms with van der Waals surface area (Å²) in [5, 5.41) is 3.33. The molecule has 0 saturated carbocycles. The van der Waals surface area contributed by atoms with Crippen LogP contribution in [0, 0.1) is 11.8 Å². The molecule has 35 heavy (non-hydrogen) atoms. The first-order valence-corrected chi connectivity index (χ1v) is 12.8. The average Bonchev–Trinajstić information content (AvgIpc) is 3.18. The van der Waals surface area contributed by atoms with Crippen LogP contribution in [0.4, 0.5) is 10.8 Å². The molecule has 3 aromatic rings. The van der Waals surface area contributed by atoms with E-state index in [4.69, 9.17) is 16.3 Å². The van der Waals surface area contributed by atoms with Gasteiger partial charge in [0.05, 0.1) is 33.5 Å². The Morgan fingerprint density at radius 2 is 1.94 bits per heavy atom. The number of amides is 1. The van der Waals surface area contributed by atoms with Crippen molar-refractivity contribution < 1.29 is 27.5 Å². The molecule has 0 spiro atoms. The molecule has 184 valence electrons. The van der Waals surface area contributed by atoms with Gasteiger partial charge in [0.2, 0.25) is 5.91 Å². The highest BCUT2D eigenvalue weighted by molar-refractivity contribution is 7.92. The van der Waals surface area contributed by atoms with Gasteiger partial charge in [0, 0.05) is 11.9 Å². The van der Waals surface area contributed by atoms with E-state index in [9.17, 15) is 18.0 Å². The van der Waals surface area contributed by atoms with E-state index in [0.717, 1.165) is 11.3 Å². The molecule has 0 fully saturated rings. The van der Waals surface area contributed by atoms with Crippen molar-refractivity contribution in [1.29, 1.82) is 0 Å². The van der Waals surface area contributed by atoms with E-state index >= 15 is 0 Å². The van der Waals surface area contributed by atoms with Crippen LogP contribution in [0.25, 0.3) is 10.2 Å². The van der Waals surface area contributed by atoms with Crippen molar-refractivity contribution in [1.82, 2.24) is 4.98 Å². The predicted octanol–water partition coefficient (Wildman–Crippen LogP) is 4.03. The quantitative estimate of drug-likeness (QED) is 0.346. The molecule has 0 bridgehead atoms. The summed E-state index contributed by atoms with van der Waals surface area (Å²) < 4.78 is 39.4. The minimum absolute atomic E-state index is 0.0139. The largest absolute Gasteiger partial charge is 0.467 e. The van der Waals surface area contributed by atoms with Crippen molar-refractivity contribution in [2.45, 2.75) is 31.3 Å². The van der Waals surface area contributed by atoms with Crippen molar-refractivity contribution >= 4 is 65.9 Å². The van der Waals surface area contributed by atoms with E-state index in [2.05, 4.69) is 31.6 Å². The van der Waals surface area contributed by atoms with Crippen LogP contribution in [-0.4, -0.2) is 44.6 Å². The number of hydrogen-bond donors (Lipinski definition) is 2. The molecule has 9 nitrogen and oxygen atoms in total. The zero-order valence-electron chi connectivity index (χ0n) is 19.3. The smallest absolute Gasteiger partial charge is 0.337 e. The molecular formula is C23H22ClN3O6S2. The molecular weight excluding hydrogens is 514 g/mol. The predicted molar refractivity (Wildman–Crippen MR) is 135 cm³/mol. The lowest BCUT2D eigenvalue weighted by molar-refractivity contribution is -0.163. The molecule has 2 N–H and O–H groups in total. The lowest BCUT2D eigenvalue weighted by atomic mass is 10.1. The van der Waals surface area contributed by atoms with E-state index in [0.29, 0.717) is 25.9 Å². The number of halogens is 1. The van der Waals surface area contributed by atoms with Crippen LogP contribution in [0.2, 0.25) is 5.02 Å². The molecule has 1 heterocycles. The summed E-state index contributed by atoms with van der Waals surface area (Å²) in [5.74, 6) is 4.77. The zero-order valence-corrected chi connectivity index (χ0v) is 21.7. The second kappa shape index (κ2) is 10.6. The van der Waals surface area contributed by atoms with E-state index in [1.807, 2.05) is 0 Å². The van der Waals surface area contributed by atoms with Gasteiger partial charge in [-0.15, -0.1) is 0 Å². The molecule has 1 amide bonds. The van der Waals surface area contributed by atoms with Gasteiger partial charge in [-0.1, -0.05) is 34.8 Å². The third kappa shape index (κ3) is 6.70. The SMILES string of the molecule is COC(=O)C(C)(C)OCC#Cc1cc(Cl)ccc1NS(=O)(=O)c1ccc2nc(NC(C)=O)sc2c1. The molecule has 0 aliphatic rings. The number of aromatic nitrogens is 1. The number of nitrogens with one attached hydrogen (secondary N) is 2. The van der Waals surface area contributed by atoms with Gasteiger partial charge in [-0.05, 0) is 50.2 Å². The Labute approximate surface area is 211 Å². The molecule has 3 rings (SSSR count). The summed E-state index contributed by atoms with van der Waals surface area (Å²) in [6.07, 6.45) is 0. The van der Waals surface area contributed by atoms with Crippen LogP contribution in [0.5, 0.6) is 0 Å². The fourth-order valence-corrected chi connectivity index (χ4v) is 5.14. The van der Waals surface area contributed by atoms with Gasteiger partial charge in [-0.3, -0.25) is 9.52 Å². The summed E-state index contributed by atoms with van der Waals surface area (Å²) >= 11 is 7.25. The number of nitrogens with zero attached hydrogens (tertiary/aromatic N) is 1. The number of thiazole rings is 1. The third-order valence-electron chi connectivity index (χ3n) is 4.58. The monoisotopic (exact) mass is 535 g/mol. The third-order valence-corrected chi connectivity index (χ3v) is 7.12. The summed E-state index contributed by atoms with van der Waals surface area (Å²) in [6.45, 7) is 4.38. The number of benzene rings is 2. The van der Waals surface area contributed by atoms with Crippen LogP contribution in [-0.2, 0) is 29.1 Å². The maximum Gasteiger partial charge on any atom is 0.337 e. The number of anilines is 2. The minimum atomic E-state index is -3.98. The van der Waals surface area contributed by atoms with Crippen molar-refractivity contribution in [3.8, 4) is 11.8 Å². The maximum absolute atomic E-state index is 13.1. The Balaban J connectivity index is 1.83. The van der Waals surface area contributed by atoms with E-state index in [1.165, 1.54) is 44.4 Å². The molecule has 0 atom stereocenters. The molecule has 2 aromatic carbocycles. The Morgan fingerprint density at radius 3 is 2.63 bits per heavy atom. The topological polar surface area (TPSA) is 124 Å². The number of carbonyl (C=O) groups is 2. The Morgan fingerprint density at radius 1 is 1.20 bits per heavy atom. The molecule has 0 unspecified atom stereocenters. The number of ether oxygens (including phenoxy) is 2. The van der Waals surface area contributed by atoms with Gasteiger partial charge in [0.15, 0.2) is 10.7 Å². The molecule has 0 aliphatic carbocycles. The van der Waals surface area contributed by atoms with Gasteiger partial charge in [0.1, 0.15) is 6.61 Å². The fraction of sp³-hybridized carbons (Fsp3) is 0.261. The molecule has 0 saturated heterocycles. The van der Waals surface area contributed by atoms with Crippen molar-refractivity contribution in [3.05, 3.63) is 47.0 Å². The first-order chi connectivity index (χ1) is 16.4. The fourth-order valence-electron chi connectivity index (χ4n) is 2.84. The maximum atomic E-state index is 13.1. The molecule has 0 aliphatic heterocycles. The number of fused-ring (bicyclic) bond motifs is 1. The Bertz CT molecular complexity index is 1450. The first kappa shape index (κ1) is 26.4. The van der Waals surface area contributed by atoms with Gasteiger partial charge < -0.3 is 14.8 Å². The van der Waals surface area contributed by atoms with E-state index in [1.54, 1.807) is 19.9 Å². The minimum Gasteiger partial charge on any atom is -0.467 e. The number of sulfonamides is 1. The number of rotatable bonds is 7. The Kier molecular flexibility index (Phi) is 8.02. The van der Waals surface area contributed by atoms with Gasteiger partial charge in [-0.2, -0.15) is 0 Å². The average molecular weight is 536 g/mol. The zero-order chi connectivity index (χ0) is 25.8. The van der Waals surface area contributed by atoms with Crippen molar-refractivity contribution in [3.63, 3.8) is 0 Å².